The summed E-state index contributed by atoms with van der Waals surface area (Å²) < 4.78 is 2.56. The van der Waals surface area contributed by atoms with Gasteiger partial charge >= 0.3 is 0 Å². The lowest BCUT2D eigenvalue weighted by molar-refractivity contribution is -0.132. The van der Waals surface area contributed by atoms with E-state index in [1.165, 1.54) is 5.56 Å². The number of H-pyrrole nitrogens is 1. The summed E-state index contributed by atoms with van der Waals surface area (Å²) >= 11 is 5.22. The molecule has 0 radical (unpaired) electrons. The molecule has 0 spiro atoms. The second kappa shape index (κ2) is 7.95. The first-order valence-corrected chi connectivity index (χ1v) is 9.45. The number of aromatic amines is 1. The predicted molar refractivity (Wildman–Crippen MR) is 101 cm³/mol. The quantitative estimate of drug-likeness (QED) is 0.828. The molecule has 2 heterocycles. The molecular formula is C19H26N4OS. The Morgan fingerprint density at radius 3 is 2.80 bits per heavy atom. The Hall–Kier alpha value is -1.95. The van der Waals surface area contributed by atoms with Crippen molar-refractivity contribution in [3.63, 3.8) is 0 Å². The van der Waals surface area contributed by atoms with Crippen LogP contribution in [0.15, 0.2) is 30.3 Å². The van der Waals surface area contributed by atoms with Gasteiger partial charge in [0.05, 0.1) is 0 Å². The Morgan fingerprint density at radius 1 is 1.40 bits per heavy atom. The van der Waals surface area contributed by atoms with Gasteiger partial charge in [-0.3, -0.25) is 9.89 Å². The molecule has 1 fully saturated rings. The highest BCUT2D eigenvalue weighted by molar-refractivity contribution is 7.71. The maximum Gasteiger partial charge on any atom is 0.223 e. The molecule has 0 saturated carbocycles. The molecule has 6 heteroatoms. The van der Waals surface area contributed by atoms with Crippen molar-refractivity contribution in [2.45, 2.75) is 44.4 Å². The van der Waals surface area contributed by atoms with Crippen LogP contribution in [0, 0.1) is 4.77 Å². The van der Waals surface area contributed by atoms with E-state index in [4.69, 9.17) is 12.2 Å². The van der Waals surface area contributed by atoms with Gasteiger partial charge < -0.3 is 9.47 Å². The highest BCUT2D eigenvalue weighted by Crippen LogP contribution is 2.28. The SMILES string of the molecule is CCC(CC(=O)N1CCCC(c2n[nH]c(=S)n2C)C1)c1ccccc1. The van der Waals surface area contributed by atoms with Crippen LogP contribution in [0.2, 0.25) is 0 Å². The number of amides is 1. The predicted octanol–water partition coefficient (Wildman–Crippen LogP) is 3.77. The van der Waals surface area contributed by atoms with E-state index in [9.17, 15) is 4.79 Å². The van der Waals surface area contributed by atoms with Gasteiger partial charge in [-0.15, -0.1) is 0 Å². The van der Waals surface area contributed by atoms with Crippen molar-refractivity contribution in [1.82, 2.24) is 19.7 Å². The van der Waals surface area contributed by atoms with Crippen molar-refractivity contribution in [2.75, 3.05) is 13.1 Å². The third-order valence-electron chi connectivity index (χ3n) is 5.24. The molecule has 1 aliphatic heterocycles. The Bertz CT molecular complexity index is 767. The highest BCUT2D eigenvalue weighted by atomic mass is 32.1. The summed E-state index contributed by atoms with van der Waals surface area (Å²) in [7, 11) is 1.93. The van der Waals surface area contributed by atoms with Crippen LogP contribution in [-0.2, 0) is 11.8 Å². The third-order valence-corrected chi connectivity index (χ3v) is 5.60. The standard InChI is InChI=1S/C19H26N4OS/c1-3-14(15-8-5-4-6-9-15)12-17(24)23-11-7-10-16(13-23)18-20-21-19(25)22(18)2/h4-6,8-9,14,16H,3,7,10-13H2,1-2H3,(H,21,25). The maximum atomic E-state index is 12.9. The molecule has 1 aromatic heterocycles. The molecule has 2 atom stereocenters. The number of carbonyl (C=O) groups excluding carboxylic acids is 1. The summed E-state index contributed by atoms with van der Waals surface area (Å²) in [6.45, 7) is 3.73. The zero-order chi connectivity index (χ0) is 17.8. The fraction of sp³-hybridized carbons (Fsp3) is 0.526. The zero-order valence-corrected chi connectivity index (χ0v) is 15.8. The zero-order valence-electron chi connectivity index (χ0n) is 14.9. The van der Waals surface area contributed by atoms with Crippen molar-refractivity contribution in [3.8, 4) is 0 Å². The summed E-state index contributed by atoms with van der Waals surface area (Å²) in [5.41, 5.74) is 1.25. The Morgan fingerprint density at radius 2 is 2.16 bits per heavy atom. The first-order chi connectivity index (χ1) is 12.1. The van der Waals surface area contributed by atoms with Crippen LogP contribution < -0.4 is 0 Å². The first-order valence-electron chi connectivity index (χ1n) is 9.04. The third kappa shape index (κ3) is 4.00. The van der Waals surface area contributed by atoms with Crippen molar-refractivity contribution < 1.29 is 4.79 Å². The van der Waals surface area contributed by atoms with Gasteiger partial charge in [-0.2, -0.15) is 5.10 Å². The molecule has 3 rings (SSSR count). The van der Waals surface area contributed by atoms with Crippen LogP contribution >= 0.6 is 12.2 Å². The van der Waals surface area contributed by atoms with Crippen molar-refractivity contribution in [3.05, 3.63) is 46.5 Å². The van der Waals surface area contributed by atoms with E-state index in [0.717, 1.165) is 38.2 Å². The average molecular weight is 359 g/mol. The Kier molecular flexibility index (Phi) is 5.68. The monoisotopic (exact) mass is 358 g/mol. The van der Waals surface area contributed by atoms with Gasteiger partial charge in [0, 0.05) is 32.5 Å². The molecule has 0 bridgehead atoms. The molecule has 2 unspecified atom stereocenters. The minimum Gasteiger partial charge on any atom is -0.342 e. The Labute approximate surface area is 154 Å². The largest absolute Gasteiger partial charge is 0.342 e. The van der Waals surface area contributed by atoms with Crippen LogP contribution in [0.3, 0.4) is 0 Å². The summed E-state index contributed by atoms with van der Waals surface area (Å²) in [5, 5.41) is 7.22. The van der Waals surface area contributed by atoms with Crippen LogP contribution in [-0.4, -0.2) is 38.7 Å². The molecule has 1 aromatic carbocycles. The van der Waals surface area contributed by atoms with Gasteiger partial charge in [0.1, 0.15) is 5.82 Å². The van der Waals surface area contributed by atoms with E-state index in [1.54, 1.807) is 0 Å². The number of piperidine rings is 1. The molecule has 1 saturated heterocycles. The average Bonchev–Trinajstić information content (AvgIpc) is 2.99. The lowest BCUT2D eigenvalue weighted by atomic mass is 9.91. The number of likely N-dealkylation sites (tertiary alicyclic amines) is 1. The van der Waals surface area contributed by atoms with Crippen molar-refractivity contribution in [1.29, 1.82) is 0 Å². The van der Waals surface area contributed by atoms with E-state index >= 15 is 0 Å². The fourth-order valence-corrected chi connectivity index (χ4v) is 3.84. The Balaban J connectivity index is 1.67. The van der Waals surface area contributed by atoms with Crippen LogP contribution in [0.25, 0.3) is 0 Å². The van der Waals surface area contributed by atoms with Gasteiger partial charge in [0.25, 0.3) is 0 Å². The van der Waals surface area contributed by atoms with Crippen LogP contribution in [0.1, 0.15) is 55.8 Å². The summed E-state index contributed by atoms with van der Waals surface area (Å²) in [5.74, 6) is 1.75. The first kappa shape index (κ1) is 17.9. The molecule has 1 amide bonds. The highest BCUT2D eigenvalue weighted by Gasteiger charge is 2.28. The molecule has 134 valence electrons. The fourth-order valence-electron chi connectivity index (χ4n) is 3.70. The van der Waals surface area contributed by atoms with Crippen molar-refractivity contribution >= 4 is 18.1 Å². The number of aromatic nitrogens is 3. The number of hydrogen-bond acceptors (Lipinski definition) is 3. The number of carbonyl (C=O) groups is 1. The van der Waals surface area contributed by atoms with Gasteiger partial charge in [-0.05, 0) is 43.0 Å². The van der Waals surface area contributed by atoms with Gasteiger partial charge in [-0.25, -0.2) is 0 Å². The van der Waals surface area contributed by atoms with Crippen molar-refractivity contribution in [2.24, 2.45) is 7.05 Å². The minimum absolute atomic E-state index is 0.247. The van der Waals surface area contributed by atoms with Crippen LogP contribution in [0.5, 0.6) is 0 Å². The lowest BCUT2D eigenvalue weighted by Crippen LogP contribution is -2.40. The number of nitrogens with one attached hydrogen (secondary N) is 1. The summed E-state index contributed by atoms with van der Waals surface area (Å²) in [6, 6.07) is 10.3. The number of nitrogens with zero attached hydrogens (tertiary/aromatic N) is 3. The molecule has 2 aromatic rings. The number of benzene rings is 1. The smallest absolute Gasteiger partial charge is 0.223 e. The summed E-state index contributed by atoms with van der Waals surface area (Å²) in [6.07, 6.45) is 3.61. The van der Waals surface area contributed by atoms with E-state index in [2.05, 4.69) is 29.3 Å². The van der Waals surface area contributed by atoms with Gasteiger partial charge in [0.2, 0.25) is 5.91 Å². The molecule has 5 nitrogen and oxygen atoms in total. The second-order valence-corrected chi connectivity index (χ2v) is 7.23. The van der Waals surface area contributed by atoms with E-state index in [-0.39, 0.29) is 17.7 Å². The minimum atomic E-state index is 0.247. The van der Waals surface area contributed by atoms with E-state index in [1.807, 2.05) is 34.7 Å². The second-order valence-electron chi connectivity index (χ2n) is 6.84. The molecule has 25 heavy (non-hydrogen) atoms. The normalized spacial score (nSPS) is 19.0. The molecule has 0 aliphatic carbocycles. The van der Waals surface area contributed by atoms with Gasteiger partial charge in [-0.1, -0.05) is 37.3 Å². The molecule has 1 N–H and O–H groups in total. The number of rotatable bonds is 5. The summed E-state index contributed by atoms with van der Waals surface area (Å²) in [4.78, 5) is 14.9. The van der Waals surface area contributed by atoms with Crippen LogP contribution in [0.4, 0.5) is 0 Å². The van der Waals surface area contributed by atoms with E-state index < -0.39 is 0 Å². The maximum absolute atomic E-state index is 12.9. The number of hydrogen-bond donors (Lipinski definition) is 1. The molecular weight excluding hydrogens is 332 g/mol. The molecule has 1 aliphatic rings. The lowest BCUT2D eigenvalue weighted by Gasteiger charge is -2.33. The van der Waals surface area contributed by atoms with E-state index in [0.29, 0.717) is 11.2 Å². The van der Waals surface area contributed by atoms with Gasteiger partial charge in [0.15, 0.2) is 4.77 Å². The topological polar surface area (TPSA) is 53.9 Å².